The Balaban J connectivity index is 0. The minimum absolute atomic E-state index is 0.833. The number of carbonyl (C=O) groups is 2. The summed E-state index contributed by atoms with van der Waals surface area (Å²) in [5.74, 6) is -1.67. The lowest BCUT2D eigenvalue weighted by Crippen LogP contribution is -1.78. The number of benzene rings is 2. The summed E-state index contributed by atoms with van der Waals surface area (Å²) in [6.45, 7) is 2.17. The number of carboxylic acid groups (broad SMARTS) is 2. The molecule has 20 heavy (non-hydrogen) atoms. The van der Waals surface area contributed by atoms with Crippen molar-refractivity contribution in [2.75, 3.05) is 0 Å². The van der Waals surface area contributed by atoms with Crippen molar-refractivity contribution < 1.29 is 19.8 Å². The van der Waals surface area contributed by atoms with Crippen LogP contribution in [0.25, 0.3) is 0 Å². The second-order valence-electron chi connectivity index (χ2n) is 3.35. The van der Waals surface area contributed by atoms with Gasteiger partial charge >= 0.3 is 0 Å². The molecule has 0 saturated carbocycles. The van der Waals surface area contributed by atoms with Crippen molar-refractivity contribution in [3.63, 3.8) is 0 Å². The summed E-state index contributed by atoms with van der Waals surface area (Å²) >= 11 is 0. The van der Waals surface area contributed by atoms with Gasteiger partial charge in [0.05, 0.1) is 0 Å². The van der Waals surface area contributed by atoms with Gasteiger partial charge in [0.25, 0.3) is 11.9 Å². The standard InChI is InChI=1S/2C6H6.2C2H4O2/c2*1-2-4-6-5-3-1;2*1-2(3)4/h2*1-6H;2*1H3,(H,3,4). The molecule has 0 bridgehead atoms. The number of hydrogen-bond acceptors (Lipinski definition) is 2. The van der Waals surface area contributed by atoms with E-state index in [0.717, 1.165) is 13.8 Å². The van der Waals surface area contributed by atoms with Gasteiger partial charge in [-0.2, -0.15) is 0 Å². The van der Waals surface area contributed by atoms with E-state index < -0.39 is 11.9 Å². The largest absolute Gasteiger partial charge is 0.481 e. The highest BCUT2D eigenvalue weighted by molar-refractivity contribution is 5.63. The maximum absolute atomic E-state index is 9.00. The van der Waals surface area contributed by atoms with Crippen LogP contribution < -0.4 is 0 Å². The lowest BCUT2D eigenvalue weighted by atomic mass is 10.4. The molecule has 0 aliphatic rings. The van der Waals surface area contributed by atoms with Gasteiger partial charge in [-0.3, -0.25) is 9.59 Å². The van der Waals surface area contributed by atoms with Crippen molar-refractivity contribution >= 4 is 11.9 Å². The molecule has 0 aliphatic carbocycles. The van der Waals surface area contributed by atoms with Gasteiger partial charge in [0.2, 0.25) is 0 Å². The second kappa shape index (κ2) is 16.4. The minimum Gasteiger partial charge on any atom is -0.481 e. The van der Waals surface area contributed by atoms with Gasteiger partial charge in [0.15, 0.2) is 0 Å². The lowest BCUT2D eigenvalue weighted by Gasteiger charge is -1.69. The van der Waals surface area contributed by atoms with Crippen molar-refractivity contribution in [2.45, 2.75) is 13.8 Å². The molecule has 0 saturated heterocycles. The van der Waals surface area contributed by atoms with Gasteiger partial charge in [0.1, 0.15) is 0 Å². The zero-order valence-corrected chi connectivity index (χ0v) is 11.6. The van der Waals surface area contributed by atoms with Crippen LogP contribution in [0.2, 0.25) is 0 Å². The predicted octanol–water partition coefficient (Wildman–Crippen LogP) is 3.56. The topological polar surface area (TPSA) is 74.6 Å². The Morgan fingerprint density at radius 2 is 0.550 bits per heavy atom. The lowest BCUT2D eigenvalue weighted by molar-refractivity contribution is -0.135. The van der Waals surface area contributed by atoms with E-state index in [1.54, 1.807) is 0 Å². The van der Waals surface area contributed by atoms with E-state index in [-0.39, 0.29) is 0 Å². The van der Waals surface area contributed by atoms with E-state index >= 15 is 0 Å². The molecule has 0 heterocycles. The van der Waals surface area contributed by atoms with Crippen molar-refractivity contribution in [1.29, 1.82) is 0 Å². The van der Waals surface area contributed by atoms with Crippen molar-refractivity contribution in [2.24, 2.45) is 0 Å². The average molecular weight is 276 g/mol. The predicted molar refractivity (Wildman–Crippen MR) is 79.5 cm³/mol. The highest BCUT2D eigenvalue weighted by Gasteiger charge is 1.66. The molecule has 0 fully saturated rings. The van der Waals surface area contributed by atoms with Crippen molar-refractivity contribution in [3.05, 3.63) is 72.8 Å². The summed E-state index contributed by atoms with van der Waals surface area (Å²) in [4.78, 5) is 18.0. The molecule has 4 nitrogen and oxygen atoms in total. The van der Waals surface area contributed by atoms with Crippen LogP contribution in [0, 0.1) is 0 Å². The Hall–Kier alpha value is -2.62. The maximum atomic E-state index is 9.00. The third-order valence-corrected chi connectivity index (χ3v) is 1.33. The van der Waals surface area contributed by atoms with E-state index in [1.807, 2.05) is 72.8 Å². The van der Waals surface area contributed by atoms with Gasteiger partial charge in [-0.1, -0.05) is 72.8 Å². The Bertz CT molecular complexity index is 322. The average Bonchev–Trinajstić information content (AvgIpc) is 2.42. The summed E-state index contributed by atoms with van der Waals surface area (Å²) < 4.78 is 0. The van der Waals surface area contributed by atoms with E-state index in [1.165, 1.54) is 0 Å². The zero-order chi connectivity index (χ0) is 15.6. The fraction of sp³-hybridized carbons (Fsp3) is 0.125. The molecule has 2 aromatic rings. The molecular formula is C16H20O4. The SMILES string of the molecule is CC(=O)O.CC(=O)O.c1ccccc1.c1ccccc1. The van der Waals surface area contributed by atoms with Crippen molar-refractivity contribution in [1.82, 2.24) is 0 Å². The first-order valence-electron chi connectivity index (χ1n) is 5.86. The smallest absolute Gasteiger partial charge is 0.300 e. The molecular weight excluding hydrogens is 256 g/mol. The Morgan fingerprint density at radius 1 is 0.500 bits per heavy atom. The van der Waals surface area contributed by atoms with Crippen LogP contribution >= 0.6 is 0 Å². The first-order chi connectivity index (χ1) is 9.46. The molecule has 0 radical (unpaired) electrons. The third-order valence-electron chi connectivity index (χ3n) is 1.33. The maximum Gasteiger partial charge on any atom is 0.300 e. The molecule has 0 spiro atoms. The molecule has 0 unspecified atom stereocenters. The van der Waals surface area contributed by atoms with Crippen LogP contribution in [0.15, 0.2) is 72.8 Å². The van der Waals surface area contributed by atoms with Gasteiger partial charge in [-0.05, 0) is 0 Å². The Labute approximate surface area is 119 Å². The quantitative estimate of drug-likeness (QED) is 0.771. The van der Waals surface area contributed by atoms with Crippen LogP contribution in [0.3, 0.4) is 0 Å². The minimum atomic E-state index is -0.833. The Kier molecular flexibility index (Phi) is 16.1. The van der Waals surface area contributed by atoms with Crippen LogP contribution in [0.1, 0.15) is 13.8 Å². The first kappa shape index (κ1) is 19.7. The van der Waals surface area contributed by atoms with Gasteiger partial charge in [-0.15, -0.1) is 0 Å². The molecule has 2 aromatic carbocycles. The van der Waals surface area contributed by atoms with E-state index in [0.29, 0.717) is 0 Å². The summed E-state index contributed by atoms with van der Waals surface area (Å²) in [7, 11) is 0. The fourth-order valence-corrected chi connectivity index (χ4v) is 0.770. The monoisotopic (exact) mass is 276 g/mol. The Morgan fingerprint density at radius 3 is 0.600 bits per heavy atom. The van der Waals surface area contributed by atoms with Crippen LogP contribution in [-0.2, 0) is 9.59 Å². The normalized spacial score (nSPS) is 7.30. The van der Waals surface area contributed by atoms with Gasteiger partial charge in [-0.25, -0.2) is 0 Å². The van der Waals surface area contributed by atoms with Crippen LogP contribution in [0.5, 0.6) is 0 Å². The van der Waals surface area contributed by atoms with Crippen LogP contribution in [-0.4, -0.2) is 22.2 Å². The summed E-state index contributed by atoms with van der Waals surface area (Å²) in [5, 5.41) is 14.8. The van der Waals surface area contributed by atoms with Crippen molar-refractivity contribution in [3.8, 4) is 0 Å². The summed E-state index contributed by atoms with van der Waals surface area (Å²) in [5.41, 5.74) is 0. The highest BCUT2D eigenvalue weighted by Crippen LogP contribution is 1.80. The molecule has 108 valence electrons. The second-order valence-corrected chi connectivity index (χ2v) is 3.35. The van der Waals surface area contributed by atoms with E-state index in [2.05, 4.69) is 0 Å². The first-order valence-corrected chi connectivity index (χ1v) is 5.86. The number of aliphatic carboxylic acids is 2. The van der Waals surface area contributed by atoms with E-state index in [4.69, 9.17) is 19.8 Å². The molecule has 0 atom stereocenters. The van der Waals surface area contributed by atoms with Crippen LogP contribution in [0.4, 0.5) is 0 Å². The molecule has 0 amide bonds. The summed E-state index contributed by atoms with van der Waals surface area (Å²) in [6.07, 6.45) is 0. The highest BCUT2D eigenvalue weighted by atomic mass is 16.4. The number of rotatable bonds is 0. The third kappa shape index (κ3) is 36.1. The van der Waals surface area contributed by atoms with E-state index in [9.17, 15) is 0 Å². The fourth-order valence-electron chi connectivity index (χ4n) is 0.770. The molecule has 0 aliphatic heterocycles. The molecule has 4 heteroatoms. The number of hydrogen-bond donors (Lipinski definition) is 2. The molecule has 2 N–H and O–H groups in total. The molecule has 0 aromatic heterocycles. The number of carboxylic acids is 2. The summed E-state index contributed by atoms with van der Waals surface area (Å²) in [6, 6.07) is 24.0. The van der Waals surface area contributed by atoms with Gasteiger partial charge in [0, 0.05) is 13.8 Å². The molecule has 2 rings (SSSR count). The zero-order valence-electron chi connectivity index (χ0n) is 11.6. The van der Waals surface area contributed by atoms with Gasteiger partial charge < -0.3 is 10.2 Å².